The highest BCUT2D eigenvalue weighted by Gasteiger charge is 2.31. The molecule has 1 aliphatic heterocycles. The van der Waals surface area contributed by atoms with Crippen LogP contribution in [0.25, 0.3) is 0 Å². The summed E-state index contributed by atoms with van der Waals surface area (Å²) in [6, 6.07) is 3.82. The van der Waals surface area contributed by atoms with Crippen molar-refractivity contribution in [3.05, 3.63) is 33.9 Å². The quantitative estimate of drug-likeness (QED) is 0.429. The lowest BCUT2D eigenvalue weighted by molar-refractivity contribution is -0.385. The largest absolute Gasteiger partial charge is 0.378 e. The molecule has 0 aromatic heterocycles. The number of nitro groups is 1. The fourth-order valence-corrected chi connectivity index (χ4v) is 4.42. The first-order valence-electron chi connectivity index (χ1n) is 7.93. The number of non-ortho nitro benzene ring substituents is 1. The van der Waals surface area contributed by atoms with Gasteiger partial charge in [-0.1, -0.05) is 0 Å². The third-order valence-electron chi connectivity index (χ3n) is 4.09. The summed E-state index contributed by atoms with van der Waals surface area (Å²) in [6.45, 7) is 3.50. The third-order valence-corrected chi connectivity index (χ3v) is 6.15. The van der Waals surface area contributed by atoms with E-state index in [4.69, 9.17) is 10.5 Å². The molecule has 1 heterocycles. The number of rotatable bonds is 7. The molecule has 142 valence electrons. The Morgan fingerprint density at radius 2 is 2.00 bits per heavy atom. The van der Waals surface area contributed by atoms with E-state index in [1.54, 1.807) is 6.92 Å². The van der Waals surface area contributed by atoms with Crippen molar-refractivity contribution in [1.29, 1.82) is 0 Å². The molecule has 0 saturated carbocycles. The van der Waals surface area contributed by atoms with Gasteiger partial charge in [-0.15, -0.1) is 12.4 Å². The first-order valence-corrected chi connectivity index (χ1v) is 9.37. The second-order valence-electron chi connectivity index (χ2n) is 5.82. The van der Waals surface area contributed by atoms with Gasteiger partial charge in [0.2, 0.25) is 10.0 Å². The van der Waals surface area contributed by atoms with Crippen LogP contribution < -0.4 is 5.73 Å². The number of nitrogens with zero attached hydrogens (tertiary/aromatic N) is 2. The first-order chi connectivity index (χ1) is 11.4. The smallest absolute Gasteiger partial charge is 0.269 e. The molecule has 8 nitrogen and oxygen atoms in total. The molecule has 0 spiro atoms. The van der Waals surface area contributed by atoms with Crippen molar-refractivity contribution in [2.75, 3.05) is 26.2 Å². The van der Waals surface area contributed by atoms with Gasteiger partial charge in [0, 0.05) is 31.8 Å². The van der Waals surface area contributed by atoms with Crippen molar-refractivity contribution in [3.8, 4) is 0 Å². The fourth-order valence-electron chi connectivity index (χ4n) is 2.75. The highest BCUT2D eigenvalue weighted by Crippen LogP contribution is 2.26. The number of sulfonamides is 1. The SMILES string of the molecule is Cc1cc([N+](=O)[O-])ccc1S(=O)(=O)N1CCC(OCCCN)CC1.Cl. The molecule has 0 radical (unpaired) electrons. The van der Waals surface area contributed by atoms with Crippen LogP contribution in [0.4, 0.5) is 5.69 Å². The van der Waals surface area contributed by atoms with Crippen LogP contribution >= 0.6 is 12.4 Å². The molecule has 2 N–H and O–H groups in total. The summed E-state index contributed by atoms with van der Waals surface area (Å²) in [7, 11) is -3.65. The van der Waals surface area contributed by atoms with Crippen molar-refractivity contribution < 1.29 is 18.1 Å². The molecule has 1 saturated heterocycles. The summed E-state index contributed by atoms with van der Waals surface area (Å²) in [5, 5.41) is 10.8. The molecule has 0 atom stereocenters. The zero-order valence-corrected chi connectivity index (χ0v) is 15.7. The number of hydrogen-bond acceptors (Lipinski definition) is 6. The molecule has 1 fully saturated rings. The Bertz CT molecular complexity index is 690. The van der Waals surface area contributed by atoms with Gasteiger partial charge in [0.05, 0.1) is 15.9 Å². The van der Waals surface area contributed by atoms with Gasteiger partial charge in [-0.25, -0.2) is 8.42 Å². The molecule has 1 aromatic carbocycles. The van der Waals surface area contributed by atoms with E-state index in [1.165, 1.54) is 22.5 Å². The Kier molecular flexibility index (Phi) is 8.23. The van der Waals surface area contributed by atoms with Gasteiger partial charge in [0.15, 0.2) is 0 Å². The first kappa shape index (κ1) is 21.8. The van der Waals surface area contributed by atoms with Crippen LogP contribution in [-0.4, -0.2) is 50.0 Å². The van der Waals surface area contributed by atoms with Crippen LogP contribution in [-0.2, 0) is 14.8 Å². The minimum absolute atomic E-state index is 0. The maximum atomic E-state index is 12.8. The van der Waals surface area contributed by atoms with Gasteiger partial charge in [-0.05, 0) is 44.4 Å². The summed E-state index contributed by atoms with van der Waals surface area (Å²) in [6.07, 6.45) is 2.12. The average molecular weight is 394 g/mol. The summed E-state index contributed by atoms with van der Waals surface area (Å²) < 4.78 is 32.6. The molecule has 1 aliphatic rings. The number of benzene rings is 1. The molecule has 0 bridgehead atoms. The third kappa shape index (κ3) is 5.35. The van der Waals surface area contributed by atoms with Gasteiger partial charge in [0.25, 0.3) is 5.69 Å². The Morgan fingerprint density at radius 1 is 1.36 bits per heavy atom. The number of ether oxygens (including phenoxy) is 1. The second-order valence-corrected chi connectivity index (χ2v) is 7.73. The van der Waals surface area contributed by atoms with E-state index in [0.717, 1.165) is 6.42 Å². The van der Waals surface area contributed by atoms with Crippen LogP contribution in [0.1, 0.15) is 24.8 Å². The number of piperidine rings is 1. The van der Waals surface area contributed by atoms with E-state index >= 15 is 0 Å². The molecular weight excluding hydrogens is 370 g/mol. The van der Waals surface area contributed by atoms with E-state index in [9.17, 15) is 18.5 Å². The predicted octanol–water partition coefficient (Wildman–Crippen LogP) is 1.84. The number of aryl methyl sites for hydroxylation is 1. The lowest BCUT2D eigenvalue weighted by Gasteiger charge is -2.31. The standard InChI is InChI=1S/C15H23N3O5S.ClH/c1-12-11-13(18(19)20)3-4-15(12)24(21,22)17-8-5-14(6-9-17)23-10-2-7-16;/h3-4,11,14H,2,5-10,16H2,1H3;1H. The Labute approximate surface area is 153 Å². The summed E-state index contributed by atoms with van der Waals surface area (Å²) in [5.74, 6) is 0. The van der Waals surface area contributed by atoms with Crippen LogP contribution in [0.15, 0.2) is 23.1 Å². The lowest BCUT2D eigenvalue weighted by atomic mass is 10.1. The fraction of sp³-hybridized carbons (Fsp3) is 0.600. The van der Waals surface area contributed by atoms with E-state index < -0.39 is 14.9 Å². The van der Waals surface area contributed by atoms with Crippen LogP contribution in [0.2, 0.25) is 0 Å². The molecular formula is C15H24ClN3O5S. The van der Waals surface area contributed by atoms with Crippen molar-refractivity contribution in [2.45, 2.75) is 37.2 Å². The summed E-state index contributed by atoms with van der Waals surface area (Å²) in [5.41, 5.74) is 5.69. The topological polar surface area (TPSA) is 116 Å². The number of nitrogens with two attached hydrogens (primary N) is 1. The highest BCUT2D eigenvalue weighted by atomic mass is 35.5. The molecule has 0 amide bonds. The van der Waals surface area contributed by atoms with E-state index in [1.807, 2.05) is 0 Å². The zero-order valence-electron chi connectivity index (χ0n) is 14.1. The maximum Gasteiger partial charge on any atom is 0.269 e. The van der Waals surface area contributed by atoms with Gasteiger partial charge in [-0.3, -0.25) is 10.1 Å². The van der Waals surface area contributed by atoms with Crippen molar-refractivity contribution >= 4 is 28.1 Å². The van der Waals surface area contributed by atoms with Gasteiger partial charge >= 0.3 is 0 Å². The Balaban J connectivity index is 0.00000312. The number of halogens is 1. The molecule has 0 aliphatic carbocycles. The normalized spacial score (nSPS) is 16.4. The van der Waals surface area contributed by atoms with Crippen molar-refractivity contribution in [1.82, 2.24) is 4.31 Å². The van der Waals surface area contributed by atoms with Crippen molar-refractivity contribution in [2.24, 2.45) is 5.73 Å². The average Bonchev–Trinajstić information content (AvgIpc) is 2.55. The lowest BCUT2D eigenvalue weighted by Crippen LogP contribution is -2.41. The minimum Gasteiger partial charge on any atom is -0.378 e. The molecule has 10 heteroatoms. The summed E-state index contributed by atoms with van der Waals surface area (Å²) in [4.78, 5) is 10.4. The van der Waals surface area contributed by atoms with Crippen LogP contribution in [0, 0.1) is 17.0 Å². The van der Waals surface area contributed by atoms with E-state index in [-0.39, 0.29) is 29.1 Å². The van der Waals surface area contributed by atoms with Gasteiger partial charge in [0.1, 0.15) is 0 Å². The number of nitro benzene ring substituents is 1. The van der Waals surface area contributed by atoms with E-state index in [0.29, 0.717) is 44.6 Å². The van der Waals surface area contributed by atoms with Gasteiger partial charge < -0.3 is 10.5 Å². The maximum absolute atomic E-state index is 12.8. The molecule has 25 heavy (non-hydrogen) atoms. The molecule has 1 aromatic rings. The summed E-state index contributed by atoms with van der Waals surface area (Å²) >= 11 is 0. The van der Waals surface area contributed by atoms with Crippen LogP contribution in [0.3, 0.4) is 0 Å². The monoisotopic (exact) mass is 393 g/mol. The second kappa shape index (κ2) is 9.44. The van der Waals surface area contributed by atoms with Crippen LogP contribution in [0.5, 0.6) is 0 Å². The van der Waals surface area contributed by atoms with E-state index in [2.05, 4.69) is 0 Å². The number of hydrogen-bond donors (Lipinski definition) is 1. The minimum atomic E-state index is -3.65. The van der Waals surface area contributed by atoms with Gasteiger partial charge in [-0.2, -0.15) is 4.31 Å². The zero-order chi connectivity index (χ0) is 17.7. The molecule has 2 rings (SSSR count). The van der Waals surface area contributed by atoms with Crippen molar-refractivity contribution in [3.63, 3.8) is 0 Å². The Morgan fingerprint density at radius 3 is 2.52 bits per heavy atom. The highest BCUT2D eigenvalue weighted by molar-refractivity contribution is 7.89. The Hall–Kier alpha value is -1.26. The predicted molar refractivity (Wildman–Crippen MR) is 96.5 cm³/mol. The molecule has 0 unspecified atom stereocenters.